The summed E-state index contributed by atoms with van der Waals surface area (Å²) in [4.78, 5) is 48.2. The van der Waals surface area contributed by atoms with Crippen LogP contribution in [0.4, 0.5) is 0 Å². The maximum Gasteiger partial charge on any atom is 0.314 e. The van der Waals surface area contributed by atoms with Crippen LogP contribution in [0.15, 0.2) is 0 Å². The molecule has 26 heavy (non-hydrogen) atoms. The van der Waals surface area contributed by atoms with Gasteiger partial charge in [0.25, 0.3) is 0 Å². The van der Waals surface area contributed by atoms with Crippen LogP contribution in [0.5, 0.6) is 0 Å². The first-order valence-corrected chi connectivity index (χ1v) is 9.87. The number of hydrogen-bond acceptors (Lipinski definition) is 4. The van der Waals surface area contributed by atoms with Gasteiger partial charge in [-0.25, -0.2) is 0 Å². The summed E-state index contributed by atoms with van der Waals surface area (Å²) in [6.45, 7) is 0. The van der Waals surface area contributed by atoms with E-state index in [0.717, 1.165) is 38.5 Å². The van der Waals surface area contributed by atoms with Crippen molar-refractivity contribution < 1.29 is 29.4 Å². The lowest BCUT2D eigenvalue weighted by Crippen LogP contribution is -2.41. The molecular weight excluding hydrogens is 336 g/mol. The molecule has 2 unspecified atom stereocenters. The van der Waals surface area contributed by atoms with Crippen molar-refractivity contribution in [3.63, 3.8) is 0 Å². The molecule has 0 spiro atoms. The summed E-state index contributed by atoms with van der Waals surface area (Å²) in [5.74, 6) is -4.46. The van der Waals surface area contributed by atoms with E-state index in [2.05, 4.69) is 0 Å². The zero-order valence-electron chi connectivity index (χ0n) is 15.4. The molecule has 0 aliphatic heterocycles. The van der Waals surface area contributed by atoms with E-state index in [1.54, 1.807) is 0 Å². The molecule has 2 aliphatic rings. The lowest BCUT2D eigenvalue weighted by atomic mass is 9.65. The lowest BCUT2D eigenvalue weighted by Gasteiger charge is -2.37. The summed E-state index contributed by atoms with van der Waals surface area (Å²) in [6.07, 6.45) is 8.13. The minimum absolute atomic E-state index is 0.0847. The Hall–Kier alpha value is -1.72. The third-order valence-electron chi connectivity index (χ3n) is 6.25. The second-order valence-electron chi connectivity index (χ2n) is 8.00. The van der Waals surface area contributed by atoms with E-state index >= 15 is 0 Å². The Labute approximate surface area is 154 Å². The van der Waals surface area contributed by atoms with Crippen LogP contribution in [0, 0.1) is 17.3 Å². The van der Waals surface area contributed by atoms with Gasteiger partial charge in [0, 0.05) is 6.42 Å². The number of rotatable bonds is 3. The van der Waals surface area contributed by atoms with Gasteiger partial charge in [-0.15, -0.1) is 0 Å². The fourth-order valence-electron chi connectivity index (χ4n) is 4.76. The van der Waals surface area contributed by atoms with Crippen LogP contribution in [0.2, 0.25) is 0 Å². The first-order chi connectivity index (χ1) is 12.4. The summed E-state index contributed by atoms with van der Waals surface area (Å²) in [7, 11) is 0. The smallest absolute Gasteiger partial charge is 0.314 e. The Morgan fingerprint density at radius 2 is 1.42 bits per heavy atom. The van der Waals surface area contributed by atoms with Gasteiger partial charge in [-0.2, -0.15) is 0 Å². The van der Waals surface area contributed by atoms with Crippen LogP contribution in [0.1, 0.15) is 83.5 Å². The van der Waals surface area contributed by atoms with Gasteiger partial charge < -0.3 is 10.2 Å². The summed E-state index contributed by atoms with van der Waals surface area (Å²) in [5.41, 5.74) is -1.16. The van der Waals surface area contributed by atoms with Crippen LogP contribution >= 0.6 is 0 Å². The van der Waals surface area contributed by atoms with Gasteiger partial charge in [0.2, 0.25) is 0 Å². The monoisotopic (exact) mass is 366 g/mol. The Morgan fingerprint density at radius 1 is 0.846 bits per heavy atom. The van der Waals surface area contributed by atoms with Crippen LogP contribution in [-0.4, -0.2) is 33.7 Å². The molecular formula is C20H30O6. The second kappa shape index (κ2) is 9.28. The highest BCUT2D eigenvalue weighted by Crippen LogP contribution is 2.45. The number of carbonyl (C=O) groups is 4. The van der Waals surface area contributed by atoms with Crippen molar-refractivity contribution in [2.75, 3.05) is 0 Å². The summed E-state index contributed by atoms with van der Waals surface area (Å²) in [5, 5.41) is 19.3. The predicted molar refractivity (Wildman–Crippen MR) is 94.7 cm³/mol. The van der Waals surface area contributed by atoms with Crippen molar-refractivity contribution in [2.24, 2.45) is 17.3 Å². The fourth-order valence-corrected chi connectivity index (χ4v) is 4.76. The molecule has 146 valence electrons. The molecule has 2 fully saturated rings. The molecule has 2 N–H and O–H groups in total. The van der Waals surface area contributed by atoms with Gasteiger partial charge >= 0.3 is 11.9 Å². The van der Waals surface area contributed by atoms with Crippen LogP contribution < -0.4 is 0 Å². The molecule has 0 aromatic rings. The molecule has 2 atom stereocenters. The molecule has 0 aromatic carbocycles. The minimum atomic E-state index is -1.21. The molecule has 6 nitrogen and oxygen atoms in total. The number of ketones is 2. The highest BCUT2D eigenvalue weighted by molar-refractivity contribution is 6.08. The molecule has 6 heteroatoms. The number of hydrogen-bond donors (Lipinski definition) is 2. The van der Waals surface area contributed by atoms with E-state index in [-0.39, 0.29) is 25.2 Å². The van der Waals surface area contributed by atoms with E-state index in [4.69, 9.17) is 0 Å². The molecule has 0 amide bonds. The molecule has 0 aromatic heterocycles. The highest BCUT2D eigenvalue weighted by Gasteiger charge is 2.47. The molecule has 0 bridgehead atoms. The molecule has 2 rings (SSSR count). The predicted octanol–water partition coefficient (Wildman–Crippen LogP) is 3.61. The zero-order chi connectivity index (χ0) is 19.2. The molecule has 2 saturated carbocycles. The van der Waals surface area contributed by atoms with Gasteiger partial charge in [0.05, 0.1) is 11.8 Å². The van der Waals surface area contributed by atoms with E-state index in [1.165, 1.54) is 12.8 Å². The zero-order valence-corrected chi connectivity index (χ0v) is 15.4. The van der Waals surface area contributed by atoms with Crippen molar-refractivity contribution in [1.29, 1.82) is 0 Å². The van der Waals surface area contributed by atoms with Gasteiger partial charge in [0.1, 0.15) is 11.7 Å². The number of carboxylic acid groups (broad SMARTS) is 2. The Bertz CT molecular complexity index is 545. The summed E-state index contributed by atoms with van der Waals surface area (Å²) < 4.78 is 0. The maximum absolute atomic E-state index is 12.5. The van der Waals surface area contributed by atoms with Crippen LogP contribution in [0.3, 0.4) is 0 Å². The standard InChI is InChI=1S/C20H30O6/c21-15-12-17(22)16(18(23)24)10-7-11-20(13-15,19(25)26)14-8-5-3-1-2-4-6-9-14/h14,16H,1-13H2,(H,23,24)(H,25,26). The largest absolute Gasteiger partial charge is 0.481 e. The molecule has 0 radical (unpaired) electrons. The Morgan fingerprint density at radius 3 is 1.96 bits per heavy atom. The number of aliphatic carboxylic acids is 2. The lowest BCUT2D eigenvalue weighted by molar-refractivity contribution is -0.157. The summed E-state index contributed by atoms with van der Waals surface area (Å²) in [6, 6.07) is 0. The molecule has 0 heterocycles. The average molecular weight is 366 g/mol. The number of carbonyl (C=O) groups excluding carboxylic acids is 2. The highest BCUT2D eigenvalue weighted by atomic mass is 16.4. The van der Waals surface area contributed by atoms with Gasteiger partial charge in [-0.1, -0.05) is 44.9 Å². The third kappa shape index (κ3) is 4.92. The van der Waals surface area contributed by atoms with Crippen LogP contribution in [0.25, 0.3) is 0 Å². The normalized spacial score (nSPS) is 30.2. The first-order valence-electron chi connectivity index (χ1n) is 9.87. The van der Waals surface area contributed by atoms with Crippen LogP contribution in [-0.2, 0) is 19.2 Å². The molecule has 2 aliphatic carbocycles. The van der Waals surface area contributed by atoms with E-state index in [0.29, 0.717) is 6.42 Å². The van der Waals surface area contributed by atoms with Crippen molar-refractivity contribution >= 4 is 23.5 Å². The topological polar surface area (TPSA) is 109 Å². The SMILES string of the molecule is O=C1CC(=O)C(C(=O)O)CCCC(C(=O)O)(C2CCCCCCCC2)C1. The third-order valence-corrected chi connectivity index (χ3v) is 6.25. The quantitative estimate of drug-likeness (QED) is 0.739. The van der Waals surface area contributed by atoms with Gasteiger partial charge in [-0.3, -0.25) is 19.2 Å². The second-order valence-corrected chi connectivity index (χ2v) is 8.00. The van der Waals surface area contributed by atoms with Crippen molar-refractivity contribution in [1.82, 2.24) is 0 Å². The minimum Gasteiger partial charge on any atom is -0.481 e. The molecule has 0 saturated heterocycles. The van der Waals surface area contributed by atoms with Crippen molar-refractivity contribution in [3.8, 4) is 0 Å². The maximum atomic E-state index is 12.5. The number of carboxylic acids is 2. The Kier molecular flexibility index (Phi) is 7.35. The van der Waals surface area contributed by atoms with Gasteiger partial charge in [-0.05, 0) is 31.6 Å². The fraction of sp³-hybridized carbons (Fsp3) is 0.800. The summed E-state index contributed by atoms with van der Waals surface area (Å²) >= 11 is 0. The van der Waals surface area contributed by atoms with E-state index in [9.17, 15) is 29.4 Å². The van der Waals surface area contributed by atoms with Gasteiger partial charge in [0.15, 0.2) is 5.78 Å². The van der Waals surface area contributed by atoms with E-state index < -0.39 is 41.3 Å². The van der Waals surface area contributed by atoms with Crippen molar-refractivity contribution in [3.05, 3.63) is 0 Å². The number of Topliss-reactive ketones (excluding diaryl/α,β-unsaturated/α-hetero) is 2. The van der Waals surface area contributed by atoms with Crippen molar-refractivity contribution in [2.45, 2.75) is 83.5 Å². The first kappa shape index (κ1) is 20.6. The van der Waals surface area contributed by atoms with E-state index in [1.807, 2.05) is 0 Å². The average Bonchev–Trinajstić information content (AvgIpc) is 2.73. The Balaban J connectivity index is 2.29.